The molecule has 4 rings (SSSR count). The van der Waals surface area contributed by atoms with Crippen LogP contribution in [0, 0.1) is 0 Å². The third kappa shape index (κ3) is 4.16. The molecular formula is C22H22BrN3O3S. The lowest BCUT2D eigenvalue weighted by molar-refractivity contribution is -0.138. The number of hydrogen-bond donors (Lipinski definition) is 1. The number of aliphatic carboxylic acids is 1. The molecule has 1 aliphatic rings. The minimum Gasteiger partial charge on any atom is -0.481 e. The number of nitrogens with zero attached hydrogens (tertiary/aromatic N) is 3. The number of carboxylic acid groups (broad SMARTS) is 1. The topological polar surface area (TPSA) is 85.1 Å². The summed E-state index contributed by atoms with van der Waals surface area (Å²) in [5.41, 5.74) is 2.32. The third-order valence-electron chi connectivity index (χ3n) is 5.37. The first-order chi connectivity index (χ1) is 14.3. The van der Waals surface area contributed by atoms with Crippen LogP contribution < -0.4 is 0 Å². The molecule has 8 heteroatoms. The summed E-state index contributed by atoms with van der Waals surface area (Å²) in [6.45, 7) is 3.59. The average molecular weight is 488 g/mol. The Balaban J connectivity index is 1.72. The lowest BCUT2D eigenvalue weighted by atomic mass is 9.99. The van der Waals surface area contributed by atoms with Gasteiger partial charge in [0.2, 0.25) is 4.73 Å². The van der Waals surface area contributed by atoms with E-state index in [4.69, 9.17) is 5.11 Å². The first kappa shape index (κ1) is 21.1. The lowest BCUT2D eigenvalue weighted by Gasteiger charge is -2.22. The van der Waals surface area contributed by atoms with Crippen LogP contribution in [-0.2, 0) is 9.59 Å². The van der Waals surface area contributed by atoms with Crippen molar-refractivity contribution < 1.29 is 14.7 Å². The van der Waals surface area contributed by atoms with E-state index in [1.54, 1.807) is 13.8 Å². The number of Topliss-reactive ketones (excluding diaryl/α,β-unsaturated/α-hetero) is 1. The highest BCUT2D eigenvalue weighted by molar-refractivity contribution is 9.10. The molecule has 0 bridgehead atoms. The van der Waals surface area contributed by atoms with Gasteiger partial charge in [-0.15, -0.1) is 10.2 Å². The number of aromatic nitrogens is 3. The minimum absolute atomic E-state index is 0.0103. The molecule has 1 saturated carbocycles. The fourth-order valence-electron chi connectivity index (χ4n) is 3.58. The summed E-state index contributed by atoms with van der Waals surface area (Å²) in [4.78, 5) is 23.5. The Hall–Kier alpha value is -2.19. The maximum absolute atomic E-state index is 12.6. The van der Waals surface area contributed by atoms with Crippen LogP contribution >= 0.6 is 27.7 Å². The number of carbonyl (C=O) groups excluding carboxylic acids is 1. The molecule has 0 atom stereocenters. The van der Waals surface area contributed by atoms with Crippen LogP contribution in [-0.4, -0.2) is 36.4 Å². The van der Waals surface area contributed by atoms with Gasteiger partial charge < -0.3 is 5.11 Å². The molecule has 0 aliphatic heterocycles. The molecule has 0 saturated heterocycles. The molecule has 0 radical (unpaired) electrons. The largest absolute Gasteiger partial charge is 0.481 e. The lowest BCUT2D eigenvalue weighted by Crippen LogP contribution is -2.28. The van der Waals surface area contributed by atoms with Crippen molar-refractivity contribution in [3.63, 3.8) is 0 Å². The van der Waals surface area contributed by atoms with Gasteiger partial charge in [-0.25, -0.2) is 0 Å². The zero-order valence-electron chi connectivity index (χ0n) is 16.8. The highest BCUT2D eigenvalue weighted by Crippen LogP contribution is 2.45. The second-order valence-electron chi connectivity index (χ2n) is 8.01. The van der Waals surface area contributed by atoms with E-state index in [-0.39, 0.29) is 18.6 Å². The molecule has 1 heterocycles. The van der Waals surface area contributed by atoms with Crippen molar-refractivity contribution in [2.24, 2.45) is 0 Å². The quantitative estimate of drug-likeness (QED) is 0.430. The smallest absolute Gasteiger partial charge is 0.303 e. The second-order valence-corrected chi connectivity index (χ2v) is 10.3. The van der Waals surface area contributed by atoms with E-state index >= 15 is 0 Å². The van der Waals surface area contributed by atoms with E-state index in [9.17, 15) is 9.59 Å². The third-order valence-corrected chi connectivity index (χ3v) is 7.07. The Kier molecular flexibility index (Phi) is 5.72. The summed E-state index contributed by atoms with van der Waals surface area (Å²) in [7, 11) is 0. The van der Waals surface area contributed by atoms with Gasteiger partial charge in [-0.1, -0.05) is 42.1 Å². The van der Waals surface area contributed by atoms with Crippen LogP contribution in [0.3, 0.4) is 0 Å². The average Bonchev–Trinajstić information content (AvgIpc) is 3.49. The summed E-state index contributed by atoms with van der Waals surface area (Å²) in [6.07, 6.45) is 2.27. The van der Waals surface area contributed by atoms with Crippen LogP contribution in [0.1, 0.15) is 51.0 Å². The molecule has 3 aromatic rings. The van der Waals surface area contributed by atoms with Gasteiger partial charge in [0.15, 0.2) is 5.16 Å². The maximum atomic E-state index is 12.6. The first-order valence-corrected chi connectivity index (χ1v) is 11.5. The first-order valence-electron chi connectivity index (χ1n) is 9.85. The van der Waals surface area contributed by atoms with Gasteiger partial charge in [0.1, 0.15) is 5.78 Å². The number of halogens is 1. The Morgan fingerprint density at radius 2 is 1.83 bits per heavy atom. The van der Waals surface area contributed by atoms with Crippen LogP contribution in [0.15, 0.2) is 46.3 Å². The number of carbonyl (C=O) groups is 2. The fraction of sp³-hybridized carbons (Fsp3) is 0.364. The molecule has 1 aromatic heterocycles. The fourth-order valence-corrected chi connectivity index (χ4v) is 5.17. The summed E-state index contributed by atoms with van der Waals surface area (Å²) in [5.74, 6) is -0.472. The molecule has 1 N–H and O–H groups in total. The van der Waals surface area contributed by atoms with Gasteiger partial charge in [0.05, 0.1) is 16.9 Å². The van der Waals surface area contributed by atoms with Gasteiger partial charge in [-0.3, -0.25) is 14.2 Å². The highest BCUT2D eigenvalue weighted by Gasteiger charge is 2.32. The predicted molar refractivity (Wildman–Crippen MR) is 120 cm³/mol. The number of ketones is 1. The maximum Gasteiger partial charge on any atom is 0.303 e. The van der Waals surface area contributed by atoms with Crippen molar-refractivity contribution in [1.82, 2.24) is 14.8 Å². The monoisotopic (exact) mass is 487 g/mol. The van der Waals surface area contributed by atoms with Crippen molar-refractivity contribution >= 4 is 50.2 Å². The summed E-state index contributed by atoms with van der Waals surface area (Å²) in [5, 5.41) is 20.3. The molecule has 0 unspecified atom stereocenters. The van der Waals surface area contributed by atoms with Gasteiger partial charge in [-0.05, 0) is 65.6 Å². The standard InChI is InChI=1S/C22H22BrN3O3S/c1-22(2,18(27)11-12-19(28)29)30-21-25-24-20(23)26(21)17-10-9-14(13-7-8-13)15-5-3-4-6-16(15)17/h3-6,9-10,13H,7-8,11-12H2,1-2H3,(H,28,29). The van der Waals surface area contributed by atoms with Crippen LogP contribution in [0.2, 0.25) is 0 Å². The van der Waals surface area contributed by atoms with Gasteiger partial charge in [0.25, 0.3) is 0 Å². The highest BCUT2D eigenvalue weighted by atomic mass is 79.9. The Morgan fingerprint density at radius 1 is 1.13 bits per heavy atom. The van der Waals surface area contributed by atoms with E-state index in [1.807, 2.05) is 10.6 Å². The Bertz CT molecular complexity index is 1140. The van der Waals surface area contributed by atoms with Crippen LogP contribution in [0.5, 0.6) is 0 Å². The summed E-state index contributed by atoms with van der Waals surface area (Å²) in [6, 6.07) is 12.6. The van der Waals surface area contributed by atoms with Crippen molar-refractivity contribution in [3.05, 3.63) is 46.7 Å². The van der Waals surface area contributed by atoms with Crippen molar-refractivity contribution in [1.29, 1.82) is 0 Å². The van der Waals surface area contributed by atoms with Gasteiger partial charge in [0, 0.05) is 11.8 Å². The Morgan fingerprint density at radius 3 is 2.50 bits per heavy atom. The summed E-state index contributed by atoms with van der Waals surface area (Å²) >= 11 is 4.80. The van der Waals surface area contributed by atoms with E-state index in [2.05, 4.69) is 56.5 Å². The van der Waals surface area contributed by atoms with Crippen LogP contribution in [0.25, 0.3) is 16.5 Å². The van der Waals surface area contributed by atoms with E-state index in [0.29, 0.717) is 15.8 Å². The molecule has 0 amide bonds. The van der Waals surface area contributed by atoms with Gasteiger partial charge in [-0.2, -0.15) is 0 Å². The van der Waals surface area contributed by atoms with E-state index in [0.717, 1.165) is 11.1 Å². The second kappa shape index (κ2) is 8.15. The molecule has 156 valence electrons. The number of fused-ring (bicyclic) bond motifs is 1. The number of benzene rings is 2. The molecule has 6 nitrogen and oxygen atoms in total. The Labute approximate surface area is 187 Å². The van der Waals surface area contributed by atoms with Crippen LogP contribution in [0.4, 0.5) is 0 Å². The van der Waals surface area contributed by atoms with E-state index in [1.165, 1.54) is 35.6 Å². The predicted octanol–water partition coefficient (Wildman–Crippen LogP) is 5.37. The number of carboxylic acids is 1. The molecule has 30 heavy (non-hydrogen) atoms. The van der Waals surface area contributed by atoms with Gasteiger partial charge >= 0.3 is 5.97 Å². The summed E-state index contributed by atoms with van der Waals surface area (Å²) < 4.78 is 1.64. The number of rotatable bonds is 8. The van der Waals surface area contributed by atoms with Crippen molar-refractivity contribution in [2.45, 2.75) is 55.4 Å². The molecule has 1 aliphatic carbocycles. The number of hydrogen-bond acceptors (Lipinski definition) is 5. The molecular weight excluding hydrogens is 466 g/mol. The normalized spacial score (nSPS) is 14.2. The van der Waals surface area contributed by atoms with E-state index < -0.39 is 10.7 Å². The molecule has 2 aromatic carbocycles. The molecule has 1 fully saturated rings. The SMILES string of the molecule is CC(C)(Sc1nnc(Br)n1-c1ccc(C2CC2)c2ccccc12)C(=O)CCC(=O)O. The number of thioether (sulfide) groups is 1. The zero-order valence-corrected chi connectivity index (χ0v) is 19.2. The zero-order chi connectivity index (χ0) is 21.5. The van der Waals surface area contributed by atoms with Crippen molar-refractivity contribution in [3.8, 4) is 5.69 Å². The van der Waals surface area contributed by atoms with Crippen molar-refractivity contribution in [2.75, 3.05) is 0 Å². The minimum atomic E-state index is -0.975. The molecule has 0 spiro atoms.